The minimum absolute atomic E-state index is 0.178. The summed E-state index contributed by atoms with van der Waals surface area (Å²) in [5.74, 6) is 0.864. The molecule has 2 rings (SSSR count). The number of hydrogen-bond acceptors (Lipinski definition) is 3. The monoisotopic (exact) mass is 263 g/mol. The Morgan fingerprint density at radius 3 is 2.47 bits per heavy atom. The average Bonchev–Trinajstić information content (AvgIpc) is 2.34. The fourth-order valence-corrected chi connectivity index (χ4v) is 2.71. The largest absolute Gasteiger partial charge is 0.491 e. The van der Waals surface area contributed by atoms with Gasteiger partial charge in [-0.15, -0.1) is 0 Å². The molecule has 0 saturated carbocycles. The van der Waals surface area contributed by atoms with Crippen molar-refractivity contribution in [1.29, 1.82) is 0 Å². The van der Waals surface area contributed by atoms with Crippen LogP contribution in [0.3, 0.4) is 0 Å². The maximum absolute atomic E-state index is 10.8. The number of nitrogens with zero attached hydrogens (tertiary/aromatic N) is 1. The molecule has 0 amide bonds. The van der Waals surface area contributed by atoms with Gasteiger partial charge in [-0.1, -0.05) is 12.1 Å². The molecule has 1 aliphatic heterocycles. The fraction of sp³-hybridized carbons (Fsp3) is 0.625. The third-order valence-electron chi connectivity index (χ3n) is 4.03. The zero-order valence-corrected chi connectivity index (χ0v) is 12.4. The lowest BCUT2D eigenvalue weighted by Crippen LogP contribution is -2.45. The Morgan fingerprint density at radius 1 is 1.32 bits per heavy atom. The highest BCUT2D eigenvalue weighted by atomic mass is 16.5. The molecule has 1 aromatic rings. The third-order valence-corrected chi connectivity index (χ3v) is 4.03. The number of ether oxygens (including phenoxy) is 1. The average molecular weight is 263 g/mol. The van der Waals surface area contributed by atoms with Gasteiger partial charge in [0.1, 0.15) is 5.75 Å². The first-order chi connectivity index (χ1) is 8.90. The van der Waals surface area contributed by atoms with Crippen LogP contribution in [0.4, 0.5) is 0 Å². The van der Waals surface area contributed by atoms with Gasteiger partial charge in [0.05, 0.1) is 11.7 Å². The van der Waals surface area contributed by atoms with E-state index >= 15 is 0 Å². The molecule has 1 fully saturated rings. The number of rotatable bonds is 3. The van der Waals surface area contributed by atoms with Crippen LogP contribution in [-0.2, 0) is 5.60 Å². The molecule has 1 aromatic carbocycles. The van der Waals surface area contributed by atoms with Crippen molar-refractivity contribution in [3.63, 3.8) is 0 Å². The van der Waals surface area contributed by atoms with Crippen LogP contribution in [0, 0.1) is 0 Å². The summed E-state index contributed by atoms with van der Waals surface area (Å²) in [5.41, 5.74) is 0.311. The van der Waals surface area contributed by atoms with Crippen molar-refractivity contribution >= 4 is 0 Å². The molecule has 2 unspecified atom stereocenters. The molecule has 19 heavy (non-hydrogen) atoms. The number of benzene rings is 1. The highest BCUT2D eigenvalue weighted by Gasteiger charge is 2.36. The normalized spacial score (nSPS) is 28.6. The first-order valence-electron chi connectivity index (χ1n) is 7.10. The first kappa shape index (κ1) is 14.4. The summed E-state index contributed by atoms with van der Waals surface area (Å²) < 4.78 is 5.64. The minimum atomic E-state index is -0.692. The van der Waals surface area contributed by atoms with Gasteiger partial charge < -0.3 is 14.7 Å². The third kappa shape index (κ3) is 3.28. The molecule has 0 aromatic heterocycles. The van der Waals surface area contributed by atoms with Crippen LogP contribution in [0.25, 0.3) is 0 Å². The van der Waals surface area contributed by atoms with Crippen LogP contribution in [0.15, 0.2) is 24.3 Å². The number of hydrogen-bond donors (Lipinski definition) is 1. The quantitative estimate of drug-likeness (QED) is 0.910. The summed E-state index contributed by atoms with van der Waals surface area (Å²) in [6, 6.07) is 8.31. The first-order valence-corrected chi connectivity index (χ1v) is 7.10. The van der Waals surface area contributed by atoms with Gasteiger partial charge >= 0.3 is 0 Å². The standard InChI is InChI=1S/C16H25NO2/c1-12(2)19-15-7-5-14(6-8-15)16(18)9-10-17(4)13(3)11-16/h5-8,12-13,18H,9-11H2,1-4H3. The predicted octanol–water partition coefficient (Wildman–Crippen LogP) is 2.78. The van der Waals surface area contributed by atoms with Gasteiger partial charge in [0, 0.05) is 12.6 Å². The van der Waals surface area contributed by atoms with E-state index in [9.17, 15) is 5.11 Å². The van der Waals surface area contributed by atoms with E-state index < -0.39 is 5.60 Å². The van der Waals surface area contributed by atoms with E-state index in [1.807, 2.05) is 38.1 Å². The lowest BCUT2D eigenvalue weighted by atomic mass is 9.81. The number of aliphatic hydroxyl groups is 1. The highest BCUT2D eigenvalue weighted by Crippen LogP contribution is 2.35. The number of piperidine rings is 1. The molecule has 0 bridgehead atoms. The molecule has 2 atom stereocenters. The molecule has 1 N–H and O–H groups in total. The summed E-state index contributed by atoms with van der Waals surface area (Å²) in [7, 11) is 2.11. The van der Waals surface area contributed by atoms with Crippen LogP contribution in [0.5, 0.6) is 5.75 Å². The molecule has 0 radical (unpaired) electrons. The van der Waals surface area contributed by atoms with Crippen molar-refractivity contribution in [2.45, 2.75) is 51.4 Å². The zero-order valence-electron chi connectivity index (χ0n) is 12.4. The Labute approximate surface area is 116 Å². The van der Waals surface area contributed by atoms with Crippen molar-refractivity contribution in [3.05, 3.63) is 29.8 Å². The van der Waals surface area contributed by atoms with E-state index in [2.05, 4.69) is 18.9 Å². The topological polar surface area (TPSA) is 32.7 Å². The second kappa shape index (κ2) is 5.51. The Balaban J connectivity index is 2.13. The molecule has 1 saturated heterocycles. The lowest BCUT2D eigenvalue weighted by Gasteiger charge is -2.41. The van der Waals surface area contributed by atoms with Crippen molar-refractivity contribution in [2.75, 3.05) is 13.6 Å². The minimum Gasteiger partial charge on any atom is -0.491 e. The van der Waals surface area contributed by atoms with Crippen molar-refractivity contribution in [2.24, 2.45) is 0 Å². The van der Waals surface area contributed by atoms with E-state index in [0.717, 1.165) is 30.7 Å². The van der Waals surface area contributed by atoms with E-state index in [1.165, 1.54) is 0 Å². The van der Waals surface area contributed by atoms with Gasteiger partial charge in [-0.3, -0.25) is 0 Å². The predicted molar refractivity (Wildman–Crippen MR) is 77.4 cm³/mol. The van der Waals surface area contributed by atoms with Gasteiger partial charge in [0.2, 0.25) is 0 Å². The van der Waals surface area contributed by atoms with Crippen molar-refractivity contribution in [1.82, 2.24) is 4.90 Å². The van der Waals surface area contributed by atoms with Crippen molar-refractivity contribution in [3.8, 4) is 5.75 Å². The second-order valence-corrected chi connectivity index (χ2v) is 6.01. The van der Waals surface area contributed by atoms with Gasteiger partial charge in [0.15, 0.2) is 0 Å². The van der Waals surface area contributed by atoms with E-state index in [1.54, 1.807) is 0 Å². The van der Waals surface area contributed by atoms with Gasteiger partial charge in [-0.2, -0.15) is 0 Å². The SMILES string of the molecule is CC(C)Oc1ccc(C2(O)CCN(C)C(C)C2)cc1. The maximum atomic E-state index is 10.8. The van der Waals surface area contributed by atoms with Crippen LogP contribution in [0.1, 0.15) is 39.2 Å². The van der Waals surface area contributed by atoms with Crippen LogP contribution in [0.2, 0.25) is 0 Å². The molecular formula is C16H25NO2. The summed E-state index contributed by atoms with van der Waals surface area (Å²) in [6.45, 7) is 7.13. The Morgan fingerprint density at radius 2 is 1.95 bits per heavy atom. The molecule has 106 valence electrons. The zero-order chi connectivity index (χ0) is 14.0. The maximum Gasteiger partial charge on any atom is 0.119 e. The summed E-state index contributed by atoms with van der Waals surface area (Å²) in [4.78, 5) is 2.30. The molecule has 1 aliphatic rings. The van der Waals surface area contributed by atoms with Crippen LogP contribution < -0.4 is 4.74 Å². The molecular weight excluding hydrogens is 238 g/mol. The smallest absolute Gasteiger partial charge is 0.119 e. The fourth-order valence-electron chi connectivity index (χ4n) is 2.71. The second-order valence-electron chi connectivity index (χ2n) is 6.01. The van der Waals surface area contributed by atoms with Gasteiger partial charge in [-0.25, -0.2) is 0 Å². The highest BCUT2D eigenvalue weighted by molar-refractivity contribution is 5.31. The Bertz CT molecular complexity index is 415. The summed E-state index contributed by atoms with van der Waals surface area (Å²) in [5, 5.41) is 10.8. The van der Waals surface area contributed by atoms with Crippen LogP contribution in [-0.4, -0.2) is 35.7 Å². The van der Waals surface area contributed by atoms with Gasteiger partial charge in [-0.05, 0) is 58.4 Å². The summed E-state index contributed by atoms with van der Waals surface area (Å²) >= 11 is 0. The molecule has 1 heterocycles. The Kier molecular flexibility index (Phi) is 4.16. The molecule has 0 aliphatic carbocycles. The van der Waals surface area contributed by atoms with E-state index in [-0.39, 0.29) is 6.10 Å². The van der Waals surface area contributed by atoms with E-state index in [0.29, 0.717) is 6.04 Å². The summed E-state index contributed by atoms with van der Waals surface area (Å²) in [6.07, 6.45) is 1.75. The lowest BCUT2D eigenvalue weighted by molar-refractivity contribution is -0.0408. The van der Waals surface area contributed by atoms with Crippen molar-refractivity contribution < 1.29 is 9.84 Å². The molecule has 3 nitrogen and oxygen atoms in total. The molecule has 3 heteroatoms. The Hall–Kier alpha value is -1.06. The number of likely N-dealkylation sites (tertiary alicyclic amines) is 1. The van der Waals surface area contributed by atoms with E-state index in [4.69, 9.17) is 4.74 Å². The van der Waals surface area contributed by atoms with Gasteiger partial charge in [0.25, 0.3) is 0 Å². The van der Waals surface area contributed by atoms with Crippen LogP contribution >= 0.6 is 0 Å². The molecule has 0 spiro atoms.